The SMILES string of the molecule is CCNC(=NCc1ccc2c(c1)OCO2)NCc1ncc(-c2ccc(C)cc2)o1.I. The number of aromatic nitrogens is 1. The summed E-state index contributed by atoms with van der Waals surface area (Å²) in [5.41, 5.74) is 3.27. The Morgan fingerprint density at radius 2 is 1.87 bits per heavy atom. The highest BCUT2D eigenvalue weighted by Gasteiger charge is 2.13. The molecule has 0 radical (unpaired) electrons. The van der Waals surface area contributed by atoms with Gasteiger partial charge < -0.3 is 24.5 Å². The Kier molecular flexibility index (Phi) is 7.56. The lowest BCUT2D eigenvalue weighted by Crippen LogP contribution is -2.36. The molecule has 1 aliphatic heterocycles. The van der Waals surface area contributed by atoms with Crippen molar-refractivity contribution in [3.05, 3.63) is 65.7 Å². The fourth-order valence-electron chi connectivity index (χ4n) is 2.95. The van der Waals surface area contributed by atoms with Gasteiger partial charge in [-0.15, -0.1) is 24.0 Å². The summed E-state index contributed by atoms with van der Waals surface area (Å²) in [6.45, 7) is 6.08. The number of nitrogens with zero attached hydrogens (tertiary/aromatic N) is 2. The van der Waals surface area contributed by atoms with Gasteiger partial charge in [-0.25, -0.2) is 9.98 Å². The third-order valence-corrected chi connectivity index (χ3v) is 4.50. The summed E-state index contributed by atoms with van der Waals surface area (Å²) in [6, 6.07) is 14.0. The lowest BCUT2D eigenvalue weighted by Gasteiger charge is -2.10. The van der Waals surface area contributed by atoms with Gasteiger partial charge in [0.2, 0.25) is 12.7 Å². The van der Waals surface area contributed by atoms with Gasteiger partial charge in [-0.05, 0) is 31.5 Å². The average Bonchev–Trinajstić information content (AvgIpc) is 3.39. The summed E-state index contributed by atoms with van der Waals surface area (Å²) in [5, 5.41) is 6.49. The first-order chi connectivity index (χ1) is 14.2. The van der Waals surface area contributed by atoms with Crippen LogP contribution in [0.2, 0.25) is 0 Å². The molecule has 4 rings (SSSR count). The van der Waals surface area contributed by atoms with Crippen LogP contribution in [0.5, 0.6) is 11.5 Å². The summed E-state index contributed by atoms with van der Waals surface area (Å²) < 4.78 is 16.6. The minimum absolute atomic E-state index is 0. The Balaban J connectivity index is 0.00000256. The summed E-state index contributed by atoms with van der Waals surface area (Å²) in [4.78, 5) is 8.99. The number of halogens is 1. The summed E-state index contributed by atoms with van der Waals surface area (Å²) in [7, 11) is 0. The second-order valence-corrected chi connectivity index (χ2v) is 6.72. The smallest absolute Gasteiger partial charge is 0.231 e. The molecule has 30 heavy (non-hydrogen) atoms. The summed E-state index contributed by atoms with van der Waals surface area (Å²) >= 11 is 0. The van der Waals surface area contributed by atoms with Gasteiger partial charge in [-0.1, -0.05) is 35.9 Å². The van der Waals surface area contributed by atoms with Crippen LogP contribution in [-0.4, -0.2) is 24.3 Å². The number of oxazole rings is 1. The molecule has 0 saturated carbocycles. The van der Waals surface area contributed by atoms with E-state index in [1.807, 2.05) is 37.3 Å². The average molecular weight is 520 g/mol. The van der Waals surface area contributed by atoms with Crippen molar-refractivity contribution in [2.75, 3.05) is 13.3 Å². The van der Waals surface area contributed by atoms with E-state index < -0.39 is 0 Å². The predicted molar refractivity (Wildman–Crippen MR) is 126 cm³/mol. The Hall–Kier alpha value is -2.75. The first-order valence-corrected chi connectivity index (χ1v) is 9.63. The van der Waals surface area contributed by atoms with E-state index in [1.165, 1.54) is 5.56 Å². The van der Waals surface area contributed by atoms with E-state index in [4.69, 9.17) is 13.9 Å². The van der Waals surface area contributed by atoms with Crippen molar-refractivity contribution in [3.8, 4) is 22.8 Å². The molecule has 7 nitrogen and oxygen atoms in total. The van der Waals surface area contributed by atoms with Crippen molar-refractivity contribution >= 4 is 29.9 Å². The van der Waals surface area contributed by atoms with Crippen molar-refractivity contribution in [1.29, 1.82) is 0 Å². The van der Waals surface area contributed by atoms with E-state index >= 15 is 0 Å². The molecule has 8 heteroatoms. The molecule has 2 heterocycles. The number of guanidine groups is 1. The standard InChI is InChI=1S/C22H24N4O3.HI/c1-3-23-22(25-11-16-6-9-18-19(10-16)28-14-27-18)26-13-21-24-12-20(29-21)17-7-4-15(2)5-8-17;/h4-10,12H,3,11,13-14H2,1-2H3,(H2,23,25,26);1H. The Morgan fingerprint density at radius 3 is 2.67 bits per heavy atom. The number of hydrogen-bond acceptors (Lipinski definition) is 5. The van der Waals surface area contributed by atoms with Crippen LogP contribution in [0.4, 0.5) is 0 Å². The van der Waals surface area contributed by atoms with Gasteiger partial charge in [0.15, 0.2) is 23.2 Å². The first kappa shape index (κ1) is 21.9. The van der Waals surface area contributed by atoms with Gasteiger partial charge in [-0.3, -0.25) is 0 Å². The maximum Gasteiger partial charge on any atom is 0.231 e. The zero-order valence-electron chi connectivity index (χ0n) is 17.0. The molecule has 3 aromatic rings. The van der Waals surface area contributed by atoms with E-state index in [0.717, 1.165) is 34.9 Å². The van der Waals surface area contributed by atoms with Crippen LogP contribution in [-0.2, 0) is 13.1 Å². The molecule has 0 saturated heterocycles. The van der Waals surface area contributed by atoms with Crippen LogP contribution in [0.25, 0.3) is 11.3 Å². The van der Waals surface area contributed by atoms with E-state index in [2.05, 4.69) is 39.7 Å². The molecule has 0 fully saturated rings. The lowest BCUT2D eigenvalue weighted by atomic mass is 10.1. The fraction of sp³-hybridized carbons (Fsp3) is 0.273. The highest BCUT2D eigenvalue weighted by atomic mass is 127. The number of fused-ring (bicyclic) bond motifs is 1. The van der Waals surface area contributed by atoms with Crippen molar-refractivity contribution < 1.29 is 13.9 Å². The molecular weight excluding hydrogens is 495 g/mol. The Labute approximate surface area is 192 Å². The predicted octanol–water partition coefficient (Wildman–Crippen LogP) is 4.25. The quantitative estimate of drug-likeness (QED) is 0.288. The number of ether oxygens (including phenoxy) is 2. The topological polar surface area (TPSA) is 80.9 Å². The maximum atomic E-state index is 5.86. The number of nitrogens with one attached hydrogen (secondary N) is 2. The lowest BCUT2D eigenvalue weighted by molar-refractivity contribution is 0.174. The molecule has 0 unspecified atom stereocenters. The number of aliphatic imine (C=N–C) groups is 1. The van der Waals surface area contributed by atoms with E-state index in [0.29, 0.717) is 24.9 Å². The molecule has 0 spiro atoms. The molecule has 0 atom stereocenters. The van der Waals surface area contributed by atoms with E-state index in [-0.39, 0.29) is 30.8 Å². The molecule has 0 bridgehead atoms. The van der Waals surface area contributed by atoms with Crippen LogP contribution in [0, 0.1) is 6.92 Å². The highest BCUT2D eigenvalue weighted by Crippen LogP contribution is 2.32. The third kappa shape index (κ3) is 5.44. The Morgan fingerprint density at radius 1 is 1.07 bits per heavy atom. The fourth-order valence-corrected chi connectivity index (χ4v) is 2.95. The van der Waals surface area contributed by atoms with Crippen molar-refractivity contribution in [2.24, 2.45) is 4.99 Å². The number of rotatable bonds is 6. The molecule has 2 N–H and O–H groups in total. The van der Waals surface area contributed by atoms with Crippen LogP contribution in [0.15, 0.2) is 58.1 Å². The Bertz CT molecular complexity index is 1000. The van der Waals surface area contributed by atoms with Gasteiger partial charge in [-0.2, -0.15) is 0 Å². The zero-order valence-corrected chi connectivity index (χ0v) is 19.3. The zero-order chi connectivity index (χ0) is 20.1. The molecule has 0 amide bonds. The summed E-state index contributed by atoms with van der Waals surface area (Å²) in [6.07, 6.45) is 1.75. The van der Waals surface area contributed by atoms with Gasteiger partial charge in [0.25, 0.3) is 0 Å². The van der Waals surface area contributed by atoms with Gasteiger partial charge in [0.05, 0.1) is 19.3 Å². The van der Waals surface area contributed by atoms with Gasteiger partial charge in [0, 0.05) is 12.1 Å². The maximum absolute atomic E-state index is 5.86. The second kappa shape index (κ2) is 10.3. The molecule has 1 aromatic heterocycles. The molecule has 0 aliphatic carbocycles. The normalized spacial score (nSPS) is 12.4. The van der Waals surface area contributed by atoms with Crippen molar-refractivity contribution in [1.82, 2.24) is 15.6 Å². The van der Waals surface area contributed by atoms with Crippen LogP contribution < -0.4 is 20.1 Å². The monoisotopic (exact) mass is 520 g/mol. The van der Waals surface area contributed by atoms with E-state index in [9.17, 15) is 0 Å². The number of aryl methyl sites for hydroxylation is 1. The third-order valence-electron chi connectivity index (χ3n) is 4.50. The molecule has 158 valence electrons. The molecule has 2 aromatic carbocycles. The van der Waals surface area contributed by atoms with Crippen molar-refractivity contribution in [2.45, 2.75) is 26.9 Å². The second-order valence-electron chi connectivity index (χ2n) is 6.72. The van der Waals surface area contributed by atoms with Crippen molar-refractivity contribution in [3.63, 3.8) is 0 Å². The van der Waals surface area contributed by atoms with Crippen LogP contribution in [0.1, 0.15) is 23.9 Å². The minimum atomic E-state index is 0. The largest absolute Gasteiger partial charge is 0.454 e. The van der Waals surface area contributed by atoms with Gasteiger partial charge in [0.1, 0.15) is 0 Å². The molecular formula is C22H25IN4O3. The van der Waals surface area contributed by atoms with Crippen LogP contribution >= 0.6 is 24.0 Å². The van der Waals surface area contributed by atoms with Gasteiger partial charge >= 0.3 is 0 Å². The first-order valence-electron chi connectivity index (χ1n) is 9.63. The van der Waals surface area contributed by atoms with E-state index in [1.54, 1.807) is 6.20 Å². The highest BCUT2D eigenvalue weighted by molar-refractivity contribution is 14.0. The molecule has 1 aliphatic rings. The summed E-state index contributed by atoms with van der Waals surface area (Å²) in [5.74, 6) is 3.59. The number of hydrogen-bond donors (Lipinski definition) is 2. The minimum Gasteiger partial charge on any atom is -0.454 e. The number of benzene rings is 2. The van der Waals surface area contributed by atoms with Crippen LogP contribution in [0.3, 0.4) is 0 Å².